The lowest BCUT2D eigenvalue weighted by molar-refractivity contribution is -0.117. The van der Waals surface area contributed by atoms with Gasteiger partial charge in [0.1, 0.15) is 11.6 Å². The van der Waals surface area contributed by atoms with Crippen molar-refractivity contribution in [2.75, 3.05) is 0 Å². The van der Waals surface area contributed by atoms with Gasteiger partial charge in [0.05, 0.1) is 0 Å². The van der Waals surface area contributed by atoms with Gasteiger partial charge in [0, 0.05) is 18.7 Å². The number of ketones is 2. The molecule has 1 heterocycles. The average Bonchev–Trinajstić information content (AvgIpc) is 2.56. The van der Waals surface area contributed by atoms with Crippen LogP contribution >= 0.6 is 0 Å². The second-order valence-electron chi connectivity index (χ2n) is 2.93. The largest absolute Gasteiger partial charge is 0.305 e. The molecule has 0 unspecified atom stereocenters. The lowest BCUT2D eigenvalue weighted by Gasteiger charge is -1.71. The number of carbonyl (C=O) groups is 2. The summed E-state index contributed by atoms with van der Waals surface area (Å²) in [5.41, 5.74) is -0.0880. The predicted molar refractivity (Wildman–Crippen MR) is 58.7 cm³/mol. The highest BCUT2D eigenvalue weighted by Gasteiger charge is 1.76. The maximum Gasteiger partial charge on any atom is 0.263 e. The maximum absolute atomic E-state index is 9.98. The van der Waals surface area contributed by atoms with E-state index in [1.54, 1.807) is 13.1 Å². The minimum Gasteiger partial charge on any atom is -0.305 e. The van der Waals surface area contributed by atoms with Crippen LogP contribution < -0.4 is 5.56 Å². The number of Topliss-reactive ketones (excluding diaryl/α,β-unsaturated/α-hetero) is 2. The third-order valence-corrected chi connectivity index (χ3v) is 1.01. The fraction of sp³-hybridized carbons (Fsp3) is 0.500. The third-order valence-electron chi connectivity index (χ3n) is 1.01. The fourth-order valence-corrected chi connectivity index (χ4v) is 0.272. The van der Waals surface area contributed by atoms with Crippen molar-refractivity contribution >= 4 is 11.6 Å². The molecule has 1 aromatic heterocycles. The van der Waals surface area contributed by atoms with E-state index in [1.165, 1.54) is 19.9 Å². The molecule has 0 amide bonds. The van der Waals surface area contributed by atoms with E-state index < -0.39 is 0 Å². The van der Waals surface area contributed by atoms with Gasteiger partial charge in [-0.1, -0.05) is 6.92 Å². The first kappa shape index (κ1) is 15.8. The van der Waals surface area contributed by atoms with Crippen LogP contribution in [0, 0.1) is 0 Å². The van der Waals surface area contributed by atoms with Gasteiger partial charge in [-0.2, -0.15) is 0 Å². The van der Waals surface area contributed by atoms with Gasteiger partial charge in [-0.15, -0.1) is 0 Å². The molecule has 0 aromatic carbocycles. The molecular formula is C10H18N2O3. The molecule has 5 nitrogen and oxygen atoms in total. The summed E-state index contributed by atoms with van der Waals surface area (Å²) in [7, 11) is 0. The molecule has 0 aliphatic rings. The van der Waals surface area contributed by atoms with Crippen LogP contribution in [-0.4, -0.2) is 21.8 Å². The quantitative estimate of drug-likeness (QED) is 0.738. The van der Waals surface area contributed by atoms with Crippen molar-refractivity contribution in [1.29, 1.82) is 0 Å². The molecule has 0 saturated heterocycles. The summed E-state index contributed by atoms with van der Waals surface area (Å²) in [5.74, 6) is 0.421. The second-order valence-corrected chi connectivity index (χ2v) is 2.93. The molecule has 0 radical (unpaired) electrons. The van der Waals surface area contributed by atoms with E-state index in [4.69, 9.17) is 0 Å². The highest BCUT2D eigenvalue weighted by atomic mass is 16.1. The highest BCUT2D eigenvalue weighted by molar-refractivity contribution is 5.74. The van der Waals surface area contributed by atoms with Crippen LogP contribution in [0.1, 0.15) is 34.1 Å². The van der Waals surface area contributed by atoms with Crippen molar-refractivity contribution in [1.82, 2.24) is 10.2 Å². The Labute approximate surface area is 88.9 Å². The van der Waals surface area contributed by atoms with E-state index in [0.717, 1.165) is 0 Å². The van der Waals surface area contributed by atoms with Crippen LogP contribution in [0.25, 0.3) is 0 Å². The van der Waals surface area contributed by atoms with Crippen LogP contribution in [0.3, 0.4) is 0 Å². The number of carbonyl (C=O) groups excluding carboxylic acids is 2. The molecular weight excluding hydrogens is 196 g/mol. The predicted octanol–water partition coefficient (Wildman–Crippen LogP) is 1.28. The molecule has 1 rings (SSSR count). The monoisotopic (exact) mass is 214 g/mol. The smallest absolute Gasteiger partial charge is 0.263 e. The summed E-state index contributed by atoms with van der Waals surface area (Å²) in [5, 5.41) is 4.81. The molecule has 0 atom stereocenters. The van der Waals surface area contributed by atoms with Gasteiger partial charge in [0.2, 0.25) is 0 Å². The van der Waals surface area contributed by atoms with E-state index in [0.29, 0.717) is 6.42 Å². The second kappa shape index (κ2) is 10.4. The van der Waals surface area contributed by atoms with Gasteiger partial charge in [0.15, 0.2) is 0 Å². The number of aromatic nitrogens is 2. The van der Waals surface area contributed by atoms with E-state index in [-0.39, 0.29) is 17.1 Å². The van der Waals surface area contributed by atoms with Gasteiger partial charge < -0.3 is 14.7 Å². The SMILES string of the molecule is CC(C)=O.CCC(C)=O.O=c1cc[nH][nH]1. The van der Waals surface area contributed by atoms with E-state index >= 15 is 0 Å². The summed E-state index contributed by atoms with van der Waals surface area (Å²) in [4.78, 5) is 29.2. The van der Waals surface area contributed by atoms with Gasteiger partial charge >= 0.3 is 0 Å². The van der Waals surface area contributed by atoms with Crippen molar-refractivity contribution in [2.45, 2.75) is 34.1 Å². The topological polar surface area (TPSA) is 82.8 Å². The normalized spacial score (nSPS) is 7.73. The van der Waals surface area contributed by atoms with E-state index in [1.807, 2.05) is 6.92 Å². The van der Waals surface area contributed by atoms with E-state index in [2.05, 4.69) is 10.2 Å². The molecule has 2 N–H and O–H groups in total. The highest BCUT2D eigenvalue weighted by Crippen LogP contribution is 1.71. The van der Waals surface area contributed by atoms with Crippen LogP contribution in [0.4, 0.5) is 0 Å². The molecule has 0 fully saturated rings. The number of hydrogen-bond donors (Lipinski definition) is 2. The Morgan fingerprint density at radius 2 is 1.67 bits per heavy atom. The Morgan fingerprint density at radius 3 is 1.73 bits per heavy atom. The van der Waals surface area contributed by atoms with Crippen LogP contribution in [0.5, 0.6) is 0 Å². The average molecular weight is 214 g/mol. The Bertz CT molecular complexity index is 305. The van der Waals surface area contributed by atoms with Crippen molar-refractivity contribution in [2.24, 2.45) is 0 Å². The van der Waals surface area contributed by atoms with Gasteiger partial charge in [-0.25, -0.2) is 0 Å². The van der Waals surface area contributed by atoms with Crippen LogP contribution in [0.15, 0.2) is 17.1 Å². The first-order chi connectivity index (χ1) is 6.90. The summed E-state index contributed by atoms with van der Waals surface area (Å²) >= 11 is 0. The summed E-state index contributed by atoms with van der Waals surface area (Å²) in [6, 6.07) is 1.42. The zero-order chi connectivity index (χ0) is 12.3. The van der Waals surface area contributed by atoms with Gasteiger partial charge in [-0.3, -0.25) is 9.89 Å². The number of rotatable bonds is 1. The van der Waals surface area contributed by atoms with Gasteiger partial charge in [0.25, 0.3) is 5.56 Å². The third kappa shape index (κ3) is 24.5. The van der Waals surface area contributed by atoms with Gasteiger partial charge in [-0.05, 0) is 20.8 Å². The molecule has 5 heteroatoms. The standard InChI is InChI=1S/C4H8O.C3H4N2O.C3H6O/c1-3-4(2)5;6-3-1-2-4-5-3;1-3(2)4/h3H2,1-2H3;1-2H,(H2,4,5,6);1-2H3. The summed E-state index contributed by atoms with van der Waals surface area (Å²) in [6.45, 7) is 6.49. The molecule has 0 spiro atoms. The number of hydrogen-bond acceptors (Lipinski definition) is 3. The Balaban J connectivity index is 0. The number of H-pyrrole nitrogens is 2. The minimum absolute atomic E-state index is 0.0880. The summed E-state index contributed by atoms with van der Waals surface area (Å²) < 4.78 is 0. The van der Waals surface area contributed by atoms with Crippen LogP contribution in [-0.2, 0) is 9.59 Å². The first-order valence-corrected chi connectivity index (χ1v) is 4.58. The zero-order valence-electron chi connectivity index (χ0n) is 9.59. The first-order valence-electron chi connectivity index (χ1n) is 4.58. The van der Waals surface area contributed by atoms with Crippen molar-refractivity contribution in [3.8, 4) is 0 Å². The molecule has 0 aliphatic heterocycles. The molecule has 0 aliphatic carbocycles. The molecule has 1 aromatic rings. The lowest BCUT2D eigenvalue weighted by atomic mass is 10.4. The van der Waals surface area contributed by atoms with Crippen molar-refractivity contribution < 1.29 is 9.59 Å². The number of nitrogens with one attached hydrogen (secondary N) is 2. The molecule has 15 heavy (non-hydrogen) atoms. The molecule has 86 valence electrons. The summed E-state index contributed by atoms with van der Waals surface area (Å²) in [6.07, 6.45) is 2.21. The Morgan fingerprint density at radius 1 is 1.27 bits per heavy atom. The van der Waals surface area contributed by atoms with Crippen molar-refractivity contribution in [3.05, 3.63) is 22.6 Å². The molecule has 0 saturated carbocycles. The number of aromatic amines is 2. The van der Waals surface area contributed by atoms with E-state index in [9.17, 15) is 14.4 Å². The maximum atomic E-state index is 9.98. The minimum atomic E-state index is -0.0880. The molecule has 0 bridgehead atoms. The zero-order valence-corrected chi connectivity index (χ0v) is 9.59. The lowest BCUT2D eigenvalue weighted by Crippen LogP contribution is -1.93. The Kier molecular flexibility index (Phi) is 11.0. The van der Waals surface area contributed by atoms with Crippen molar-refractivity contribution in [3.63, 3.8) is 0 Å². The van der Waals surface area contributed by atoms with Crippen LogP contribution in [0.2, 0.25) is 0 Å². The Hall–Kier alpha value is -1.65. The fourth-order valence-electron chi connectivity index (χ4n) is 0.272.